The molecule has 2 N–H and O–H groups in total. The standard InChI is InChI=1S/C20H18N4O6S/c1-13(25)30-16-7-3-14(4-8-16)20(26)21-15-5-9-17(10-6-15)31(27,28)24-18-11-12-19(29-2)23-22-18/h3-12H,1-2H3,(H,21,26)(H,22,24). The summed E-state index contributed by atoms with van der Waals surface area (Å²) >= 11 is 0. The number of methoxy groups -OCH3 is 1. The van der Waals surface area contributed by atoms with Gasteiger partial charge in [0.1, 0.15) is 5.75 Å². The monoisotopic (exact) mass is 442 g/mol. The maximum Gasteiger partial charge on any atom is 0.308 e. The van der Waals surface area contributed by atoms with Crippen LogP contribution in [0.3, 0.4) is 0 Å². The molecule has 3 rings (SSSR count). The molecule has 1 amide bonds. The number of amides is 1. The van der Waals surface area contributed by atoms with Crippen LogP contribution in [0.5, 0.6) is 11.6 Å². The molecule has 0 aliphatic rings. The van der Waals surface area contributed by atoms with E-state index in [0.717, 1.165) is 0 Å². The fraction of sp³-hybridized carbons (Fsp3) is 0.100. The third-order valence-electron chi connectivity index (χ3n) is 3.89. The summed E-state index contributed by atoms with van der Waals surface area (Å²) in [6.45, 7) is 1.28. The van der Waals surface area contributed by atoms with Crippen LogP contribution in [0.1, 0.15) is 17.3 Å². The first-order valence-corrected chi connectivity index (χ1v) is 10.4. The van der Waals surface area contributed by atoms with Crippen molar-refractivity contribution in [1.82, 2.24) is 10.2 Å². The van der Waals surface area contributed by atoms with Gasteiger partial charge in [0.15, 0.2) is 5.82 Å². The van der Waals surface area contributed by atoms with Gasteiger partial charge in [-0.1, -0.05) is 0 Å². The first-order valence-electron chi connectivity index (χ1n) is 8.87. The zero-order valence-corrected chi connectivity index (χ0v) is 17.3. The van der Waals surface area contributed by atoms with Crippen molar-refractivity contribution in [2.75, 3.05) is 17.1 Å². The van der Waals surface area contributed by atoms with E-state index in [2.05, 4.69) is 20.2 Å². The Bertz CT molecular complexity index is 1180. The minimum atomic E-state index is -3.89. The number of ether oxygens (including phenoxy) is 2. The van der Waals surface area contributed by atoms with Gasteiger partial charge in [-0.25, -0.2) is 8.42 Å². The van der Waals surface area contributed by atoms with Gasteiger partial charge in [-0.05, 0) is 54.6 Å². The second-order valence-electron chi connectivity index (χ2n) is 6.16. The molecule has 0 saturated heterocycles. The highest BCUT2D eigenvalue weighted by Gasteiger charge is 2.16. The highest BCUT2D eigenvalue weighted by atomic mass is 32.2. The fourth-order valence-corrected chi connectivity index (χ4v) is 3.44. The molecular formula is C20H18N4O6S. The predicted octanol–water partition coefficient (Wildman–Crippen LogP) is 2.46. The zero-order chi connectivity index (χ0) is 22.4. The number of hydrogen-bond acceptors (Lipinski definition) is 8. The number of sulfonamides is 1. The molecule has 0 aliphatic carbocycles. The molecule has 0 atom stereocenters. The lowest BCUT2D eigenvalue weighted by Crippen LogP contribution is -2.15. The Labute approximate surface area is 178 Å². The summed E-state index contributed by atoms with van der Waals surface area (Å²) < 4.78 is 37.1. The van der Waals surface area contributed by atoms with Crippen molar-refractivity contribution < 1.29 is 27.5 Å². The van der Waals surface area contributed by atoms with Gasteiger partial charge in [0.05, 0.1) is 12.0 Å². The van der Waals surface area contributed by atoms with Crippen LogP contribution in [0.15, 0.2) is 65.6 Å². The number of nitrogens with zero attached hydrogens (tertiary/aromatic N) is 2. The smallest absolute Gasteiger partial charge is 0.308 e. The molecule has 10 nitrogen and oxygen atoms in total. The van der Waals surface area contributed by atoms with E-state index < -0.39 is 21.9 Å². The van der Waals surface area contributed by atoms with Crippen LogP contribution < -0.4 is 19.5 Å². The van der Waals surface area contributed by atoms with E-state index in [1.165, 1.54) is 74.7 Å². The van der Waals surface area contributed by atoms with Gasteiger partial charge in [0.2, 0.25) is 5.88 Å². The SMILES string of the molecule is COc1ccc(NS(=O)(=O)c2ccc(NC(=O)c3ccc(OC(C)=O)cc3)cc2)nn1. The Hall–Kier alpha value is -3.99. The molecule has 2 aromatic carbocycles. The molecule has 1 aromatic heterocycles. The first kappa shape index (κ1) is 21.7. The molecule has 1 heterocycles. The van der Waals surface area contributed by atoms with Crippen molar-refractivity contribution in [3.05, 3.63) is 66.2 Å². The summed E-state index contributed by atoms with van der Waals surface area (Å²) in [6.07, 6.45) is 0. The van der Waals surface area contributed by atoms with Crippen molar-refractivity contribution in [2.45, 2.75) is 11.8 Å². The van der Waals surface area contributed by atoms with Crippen molar-refractivity contribution in [1.29, 1.82) is 0 Å². The number of carbonyl (C=O) groups is 2. The largest absolute Gasteiger partial charge is 0.480 e. The summed E-state index contributed by atoms with van der Waals surface area (Å²) in [5.74, 6) is -0.246. The van der Waals surface area contributed by atoms with Gasteiger partial charge in [-0.15, -0.1) is 10.2 Å². The fourth-order valence-electron chi connectivity index (χ4n) is 2.44. The molecule has 0 unspecified atom stereocenters. The quantitative estimate of drug-likeness (QED) is 0.421. The van der Waals surface area contributed by atoms with Crippen LogP contribution in [0.4, 0.5) is 11.5 Å². The van der Waals surface area contributed by atoms with Gasteiger partial charge in [0, 0.05) is 24.2 Å². The van der Waals surface area contributed by atoms with Gasteiger partial charge < -0.3 is 14.8 Å². The Morgan fingerprint density at radius 2 is 1.58 bits per heavy atom. The average Bonchev–Trinajstić information content (AvgIpc) is 2.74. The number of aromatic nitrogens is 2. The maximum absolute atomic E-state index is 12.5. The highest BCUT2D eigenvalue weighted by Crippen LogP contribution is 2.19. The van der Waals surface area contributed by atoms with Gasteiger partial charge in [0.25, 0.3) is 15.9 Å². The van der Waals surface area contributed by atoms with Gasteiger partial charge in [-0.3, -0.25) is 14.3 Å². The predicted molar refractivity (Wildman–Crippen MR) is 112 cm³/mol. The number of nitrogens with one attached hydrogen (secondary N) is 2. The molecule has 0 fully saturated rings. The number of esters is 1. The van der Waals surface area contributed by atoms with E-state index in [0.29, 0.717) is 17.0 Å². The molecule has 0 aliphatic heterocycles. The Morgan fingerprint density at radius 1 is 0.903 bits per heavy atom. The molecule has 160 valence electrons. The van der Waals surface area contributed by atoms with E-state index in [1.54, 1.807) is 0 Å². The summed E-state index contributed by atoms with van der Waals surface area (Å²) in [6, 6.07) is 14.5. The van der Waals surface area contributed by atoms with Crippen LogP contribution in [0.2, 0.25) is 0 Å². The number of rotatable bonds is 7. The zero-order valence-electron chi connectivity index (χ0n) is 16.5. The lowest BCUT2D eigenvalue weighted by atomic mass is 10.2. The second kappa shape index (κ2) is 9.22. The number of hydrogen-bond donors (Lipinski definition) is 2. The average molecular weight is 442 g/mol. The Balaban J connectivity index is 1.66. The lowest BCUT2D eigenvalue weighted by molar-refractivity contribution is -0.131. The van der Waals surface area contributed by atoms with E-state index in [4.69, 9.17) is 9.47 Å². The van der Waals surface area contributed by atoms with Gasteiger partial charge in [-0.2, -0.15) is 0 Å². The van der Waals surface area contributed by atoms with E-state index in [9.17, 15) is 18.0 Å². The topological polar surface area (TPSA) is 137 Å². The third-order valence-corrected chi connectivity index (χ3v) is 5.26. The van der Waals surface area contributed by atoms with Crippen molar-refractivity contribution in [3.8, 4) is 11.6 Å². The molecule has 31 heavy (non-hydrogen) atoms. The van der Waals surface area contributed by atoms with E-state index >= 15 is 0 Å². The normalized spacial score (nSPS) is 10.8. The van der Waals surface area contributed by atoms with Crippen LogP contribution in [0.25, 0.3) is 0 Å². The lowest BCUT2D eigenvalue weighted by Gasteiger charge is -2.09. The van der Waals surface area contributed by atoms with E-state index in [-0.39, 0.29) is 16.6 Å². The number of anilines is 2. The van der Waals surface area contributed by atoms with Crippen molar-refractivity contribution in [3.63, 3.8) is 0 Å². The molecule has 11 heteroatoms. The van der Waals surface area contributed by atoms with Crippen LogP contribution in [0, 0.1) is 0 Å². The highest BCUT2D eigenvalue weighted by molar-refractivity contribution is 7.92. The molecule has 0 radical (unpaired) electrons. The Kier molecular flexibility index (Phi) is 6.46. The van der Waals surface area contributed by atoms with Gasteiger partial charge >= 0.3 is 5.97 Å². The molecule has 3 aromatic rings. The van der Waals surface area contributed by atoms with Crippen molar-refractivity contribution >= 4 is 33.4 Å². The molecule has 0 bridgehead atoms. The molecule has 0 saturated carbocycles. The molecular weight excluding hydrogens is 424 g/mol. The minimum Gasteiger partial charge on any atom is -0.480 e. The van der Waals surface area contributed by atoms with Crippen molar-refractivity contribution in [2.24, 2.45) is 0 Å². The molecule has 0 spiro atoms. The number of benzene rings is 2. The third kappa shape index (κ3) is 5.76. The summed E-state index contributed by atoms with van der Waals surface area (Å²) in [4.78, 5) is 23.3. The summed E-state index contributed by atoms with van der Waals surface area (Å²) in [5.41, 5.74) is 0.740. The summed E-state index contributed by atoms with van der Waals surface area (Å²) in [7, 11) is -2.47. The van der Waals surface area contributed by atoms with Crippen LogP contribution >= 0.6 is 0 Å². The second-order valence-corrected chi connectivity index (χ2v) is 7.85. The first-order chi connectivity index (χ1) is 14.8. The number of carbonyl (C=O) groups excluding carboxylic acids is 2. The Morgan fingerprint density at radius 3 is 2.13 bits per heavy atom. The maximum atomic E-state index is 12.5. The van der Waals surface area contributed by atoms with E-state index in [1.807, 2.05) is 0 Å². The minimum absolute atomic E-state index is 0.0196. The summed E-state index contributed by atoms with van der Waals surface area (Å²) in [5, 5.41) is 10.1. The van der Waals surface area contributed by atoms with Crippen LogP contribution in [-0.4, -0.2) is 37.6 Å². The van der Waals surface area contributed by atoms with Crippen LogP contribution in [-0.2, 0) is 14.8 Å².